The minimum atomic E-state index is -1.13. The van der Waals surface area contributed by atoms with Gasteiger partial charge < -0.3 is 10.4 Å². The van der Waals surface area contributed by atoms with Gasteiger partial charge in [0, 0.05) is 24.2 Å². The van der Waals surface area contributed by atoms with E-state index in [2.05, 4.69) is 10.4 Å². The summed E-state index contributed by atoms with van der Waals surface area (Å²) in [6.07, 6.45) is 1.48. The number of nitrogens with zero attached hydrogens (tertiary/aromatic N) is 2. The van der Waals surface area contributed by atoms with Crippen molar-refractivity contribution in [1.82, 2.24) is 9.78 Å². The van der Waals surface area contributed by atoms with Gasteiger partial charge in [-0.1, -0.05) is 0 Å². The number of anilines is 1. The van der Waals surface area contributed by atoms with Crippen LogP contribution >= 0.6 is 0 Å². The van der Waals surface area contributed by atoms with Gasteiger partial charge >= 0.3 is 0 Å². The first-order chi connectivity index (χ1) is 9.40. The Labute approximate surface area is 113 Å². The predicted octanol–water partition coefficient (Wildman–Crippen LogP) is 2.70. The Morgan fingerprint density at radius 2 is 2.10 bits per heavy atom. The van der Waals surface area contributed by atoms with E-state index in [1.54, 1.807) is 0 Å². The van der Waals surface area contributed by atoms with E-state index in [-0.39, 0.29) is 6.04 Å². The van der Waals surface area contributed by atoms with Gasteiger partial charge in [0.15, 0.2) is 0 Å². The summed E-state index contributed by atoms with van der Waals surface area (Å²) < 4.78 is 28.0. The van der Waals surface area contributed by atoms with Crippen LogP contribution in [0.15, 0.2) is 24.4 Å². The molecule has 0 unspecified atom stereocenters. The van der Waals surface area contributed by atoms with Crippen LogP contribution < -0.4 is 5.32 Å². The third-order valence-corrected chi connectivity index (χ3v) is 2.66. The summed E-state index contributed by atoms with van der Waals surface area (Å²) >= 11 is 0. The highest BCUT2D eigenvalue weighted by Crippen LogP contribution is 2.23. The molecule has 1 amide bonds. The van der Waals surface area contributed by atoms with Crippen molar-refractivity contribution in [3.05, 3.63) is 41.6 Å². The van der Waals surface area contributed by atoms with Gasteiger partial charge in [-0.15, -0.1) is 0 Å². The maximum Gasteiger partial charge on any atom is 0.263 e. The SMILES string of the molecule is CC(C)n1nccc1NC(=O)c1c(O)cc(F)cc1F. The zero-order chi connectivity index (χ0) is 14.9. The molecular weight excluding hydrogens is 268 g/mol. The molecule has 1 aromatic heterocycles. The maximum atomic E-state index is 13.6. The van der Waals surface area contributed by atoms with Crippen molar-refractivity contribution < 1.29 is 18.7 Å². The van der Waals surface area contributed by atoms with E-state index in [1.807, 2.05) is 13.8 Å². The van der Waals surface area contributed by atoms with E-state index in [4.69, 9.17) is 0 Å². The molecule has 0 aliphatic carbocycles. The Balaban J connectivity index is 2.31. The molecule has 0 radical (unpaired) electrons. The van der Waals surface area contributed by atoms with E-state index >= 15 is 0 Å². The number of nitrogens with one attached hydrogen (secondary N) is 1. The fraction of sp³-hybridized carbons (Fsp3) is 0.231. The normalized spacial score (nSPS) is 10.8. The zero-order valence-corrected chi connectivity index (χ0v) is 10.9. The minimum Gasteiger partial charge on any atom is -0.507 e. The molecule has 106 valence electrons. The van der Waals surface area contributed by atoms with Crippen molar-refractivity contribution >= 4 is 11.7 Å². The average molecular weight is 281 g/mol. The number of carbonyl (C=O) groups is 1. The smallest absolute Gasteiger partial charge is 0.263 e. The van der Waals surface area contributed by atoms with Crippen LogP contribution in [0.1, 0.15) is 30.2 Å². The summed E-state index contributed by atoms with van der Waals surface area (Å²) in [5.74, 6) is -3.36. The number of aromatic hydroxyl groups is 1. The number of phenols is 1. The highest BCUT2D eigenvalue weighted by molar-refractivity contribution is 6.05. The third-order valence-electron chi connectivity index (χ3n) is 2.66. The number of aromatic nitrogens is 2. The van der Waals surface area contributed by atoms with Gasteiger partial charge in [-0.2, -0.15) is 5.10 Å². The van der Waals surface area contributed by atoms with Crippen LogP contribution in [0.3, 0.4) is 0 Å². The second-order valence-electron chi connectivity index (χ2n) is 4.49. The molecule has 0 saturated heterocycles. The van der Waals surface area contributed by atoms with E-state index < -0.39 is 28.9 Å². The first-order valence-electron chi connectivity index (χ1n) is 5.93. The van der Waals surface area contributed by atoms with Crippen molar-refractivity contribution in [2.24, 2.45) is 0 Å². The molecule has 0 atom stereocenters. The molecule has 2 aromatic rings. The van der Waals surface area contributed by atoms with Gasteiger partial charge in [0.05, 0.1) is 6.20 Å². The van der Waals surface area contributed by atoms with Crippen molar-refractivity contribution in [3.63, 3.8) is 0 Å². The standard InChI is InChI=1S/C13H13F2N3O2/c1-7(2)18-11(3-4-16-18)17-13(20)12-9(15)5-8(14)6-10(12)19/h3-7,19H,1-2H3,(H,17,20). The summed E-state index contributed by atoms with van der Waals surface area (Å²) in [7, 11) is 0. The lowest BCUT2D eigenvalue weighted by Gasteiger charge is -2.12. The number of carbonyl (C=O) groups excluding carboxylic acids is 1. The number of rotatable bonds is 3. The lowest BCUT2D eigenvalue weighted by molar-refractivity contribution is 0.101. The molecule has 1 heterocycles. The number of amides is 1. The highest BCUT2D eigenvalue weighted by Gasteiger charge is 2.20. The molecule has 0 aliphatic heterocycles. The summed E-state index contributed by atoms with van der Waals surface area (Å²) in [5.41, 5.74) is -0.608. The molecule has 7 heteroatoms. The molecule has 0 fully saturated rings. The summed E-state index contributed by atoms with van der Waals surface area (Å²) in [4.78, 5) is 12.0. The number of hydrogen-bond acceptors (Lipinski definition) is 3. The predicted molar refractivity (Wildman–Crippen MR) is 68.6 cm³/mol. The average Bonchev–Trinajstić information content (AvgIpc) is 2.75. The van der Waals surface area contributed by atoms with E-state index in [9.17, 15) is 18.7 Å². The summed E-state index contributed by atoms with van der Waals surface area (Å²) in [5, 5.41) is 15.9. The fourth-order valence-electron chi connectivity index (χ4n) is 1.79. The van der Waals surface area contributed by atoms with Crippen LogP contribution in [0.25, 0.3) is 0 Å². The van der Waals surface area contributed by atoms with Gasteiger partial charge in [-0.05, 0) is 13.8 Å². The second kappa shape index (κ2) is 5.28. The first kappa shape index (κ1) is 14.0. The molecule has 2 rings (SSSR count). The third kappa shape index (κ3) is 2.61. The molecule has 1 aromatic carbocycles. The van der Waals surface area contributed by atoms with Crippen molar-refractivity contribution in [2.75, 3.05) is 5.32 Å². The monoisotopic (exact) mass is 281 g/mol. The van der Waals surface area contributed by atoms with Crippen molar-refractivity contribution in [2.45, 2.75) is 19.9 Å². The maximum absolute atomic E-state index is 13.6. The minimum absolute atomic E-state index is 0.00744. The molecule has 0 saturated carbocycles. The first-order valence-corrected chi connectivity index (χ1v) is 5.93. The zero-order valence-electron chi connectivity index (χ0n) is 10.9. The second-order valence-corrected chi connectivity index (χ2v) is 4.49. The van der Waals surface area contributed by atoms with Gasteiger partial charge in [0.1, 0.15) is 28.8 Å². The number of hydrogen-bond donors (Lipinski definition) is 2. The van der Waals surface area contributed by atoms with E-state index in [0.717, 1.165) is 0 Å². The van der Waals surface area contributed by atoms with E-state index in [1.165, 1.54) is 16.9 Å². The van der Waals surface area contributed by atoms with Gasteiger partial charge in [-0.25, -0.2) is 13.5 Å². The Bertz CT molecular complexity index is 630. The Kier molecular flexibility index (Phi) is 3.69. The Morgan fingerprint density at radius 3 is 2.70 bits per heavy atom. The summed E-state index contributed by atoms with van der Waals surface area (Å²) in [6.45, 7) is 3.72. The molecule has 20 heavy (non-hydrogen) atoms. The molecule has 5 nitrogen and oxygen atoms in total. The molecule has 0 bridgehead atoms. The number of benzene rings is 1. The lowest BCUT2D eigenvalue weighted by atomic mass is 10.1. The van der Waals surface area contributed by atoms with Crippen LogP contribution in [-0.4, -0.2) is 20.8 Å². The molecular formula is C13H13F2N3O2. The quantitative estimate of drug-likeness (QED) is 0.909. The van der Waals surface area contributed by atoms with Gasteiger partial charge in [-0.3, -0.25) is 4.79 Å². The highest BCUT2D eigenvalue weighted by atomic mass is 19.1. The fourth-order valence-corrected chi connectivity index (χ4v) is 1.79. The van der Waals surface area contributed by atoms with Crippen LogP contribution in [0.5, 0.6) is 5.75 Å². The Morgan fingerprint density at radius 1 is 1.40 bits per heavy atom. The molecule has 2 N–H and O–H groups in total. The van der Waals surface area contributed by atoms with Crippen LogP contribution in [0, 0.1) is 11.6 Å². The number of phenolic OH excluding ortho intramolecular Hbond substituents is 1. The van der Waals surface area contributed by atoms with Crippen LogP contribution in [-0.2, 0) is 0 Å². The van der Waals surface area contributed by atoms with Gasteiger partial charge in [0.25, 0.3) is 5.91 Å². The Hall–Kier alpha value is -2.44. The van der Waals surface area contributed by atoms with Crippen LogP contribution in [0.2, 0.25) is 0 Å². The number of halogens is 2. The topological polar surface area (TPSA) is 67.2 Å². The van der Waals surface area contributed by atoms with Crippen molar-refractivity contribution in [1.29, 1.82) is 0 Å². The van der Waals surface area contributed by atoms with Gasteiger partial charge in [0.2, 0.25) is 0 Å². The summed E-state index contributed by atoms with van der Waals surface area (Å²) in [6, 6.07) is 2.75. The molecule has 0 aliphatic rings. The lowest BCUT2D eigenvalue weighted by Crippen LogP contribution is -2.18. The largest absolute Gasteiger partial charge is 0.507 e. The van der Waals surface area contributed by atoms with E-state index in [0.29, 0.717) is 18.0 Å². The van der Waals surface area contributed by atoms with Crippen LogP contribution in [0.4, 0.5) is 14.6 Å². The molecule has 0 spiro atoms. The van der Waals surface area contributed by atoms with Crippen molar-refractivity contribution in [3.8, 4) is 5.75 Å².